The van der Waals surface area contributed by atoms with E-state index in [0.717, 1.165) is 49.1 Å². The van der Waals surface area contributed by atoms with E-state index in [0.29, 0.717) is 10.9 Å². The summed E-state index contributed by atoms with van der Waals surface area (Å²) in [7, 11) is 1.91. The fourth-order valence-electron chi connectivity index (χ4n) is 3.08. The standard InChI is InChI=1S/C17H23ClN4O/c1-12-16(11-22-8-7-13(9-19)10-22)17(21(2)20-12)23-15-5-3-14(18)4-6-15/h3-6,13H,7-11,19H2,1-2H3/t13-/m1/s1. The maximum Gasteiger partial charge on any atom is 0.222 e. The summed E-state index contributed by atoms with van der Waals surface area (Å²) in [5.41, 5.74) is 7.94. The monoisotopic (exact) mass is 334 g/mol. The summed E-state index contributed by atoms with van der Waals surface area (Å²) in [5.74, 6) is 2.16. The van der Waals surface area contributed by atoms with Crippen LogP contribution in [0.3, 0.4) is 0 Å². The van der Waals surface area contributed by atoms with Gasteiger partial charge in [-0.05, 0) is 56.6 Å². The Morgan fingerprint density at radius 1 is 1.35 bits per heavy atom. The second kappa shape index (κ2) is 6.91. The van der Waals surface area contributed by atoms with Gasteiger partial charge in [-0.2, -0.15) is 5.10 Å². The zero-order valence-electron chi connectivity index (χ0n) is 13.6. The zero-order chi connectivity index (χ0) is 16.4. The fourth-order valence-corrected chi connectivity index (χ4v) is 3.20. The number of rotatable bonds is 5. The molecule has 1 aliphatic heterocycles. The quantitative estimate of drug-likeness (QED) is 0.913. The number of aryl methyl sites for hydroxylation is 2. The van der Waals surface area contributed by atoms with Gasteiger partial charge in [0.05, 0.1) is 11.3 Å². The second-order valence-corrected chi connectivity index (χ2v) is 6.61. The Kier molecular flexibility index (Phi) is 4.90. The van der Waals surface area contributed by atoms with Crippen molar-refractivity contribution in [3.05, 3.63) is 40.5 Å². The van der Waals surface area contributed by atoms with E-state index in [9.17, 15) is 0 Å². The molecule has 1 aromatic heterocycles. The van der Waals surface area contributed by atoms with E-state index in [2.05, 4.69) is 10.00 Å². The number of likely N-dealkylation sites (tertiary alicyclic amines) is 1. The molecule has 0 amide bonds. The zero-order valence-corrected chi connectivity index (χ0v) is 14.4. The van der Waals surface area contributed by atoms with E-state index >= 15 is 0 Å². The minimum atomic E-state index is 0.604. The molecule has 6 heteroatoms. The molecule has 0 bridgehead atoms. The Morgan fingerprint density at radius 2 is 2.09 bits per heavy atom. The molecule has 5 nitrogen and oxygen atoms in total. The summed E-state index contributed by atoms with van der Waals surface area (Å²) in [4.78, 5) is 2.43. The Balaban J connectivity index is 1.79. The van der Waals surface area contributed by atoms with Crippen LogP contribution in [0.4, 0.5) is 0 Å². The molecule has 124 valence electrons. The van der Waals surface area contributed by atoms with E-state index in [1.807, 2.05) is 38.2 Å². The summed E-state index contributed by atoms with van der Waals surface area (Å²) in [6.07, 6.45) is 1.17. The molecule has 2 heterocycles. The average Bonchev–Trinajstić information content (AvgIpc) is 3.09. The predicted molar refractivity (Wildman–Crippen MR) is 91.9 cm³/mol. The molecule has 23 heavy (non-hydrogen) atoms. The van der Waals surface area contributed by atoms with Gasteiger partial charge < -0.3 is 10.5 Å². The molecular weight excluding hydrogens is 312 g/mol. The van der Waals surface area contributed by atoms with Crippen molar-refractivity contribution < 1.29 is 4.74 Å². The molecule has 3 rings (SSSR count). The molecule has 1 saturated heterocycles. The van der Waals surface area contributed by atoms with Crippen molar-refractivity contribution in [1.29, 1.82) is 0 Å². The minimum absolute atomic E-state index is 0.604. The van der Waals surface area contributed by atoms with Crippen molar-refractivity contribution in [3.63, 3.8) is 0 Å². The maximum absolute atomic E-state index is 6.07. The van der Waals surface area contributed by atoms with Gasteiger partial charge in [0.2, 0.25) is 5.88 Å². The average molecular weight is 335 g/mol. The van der Waals surface area contributed by atoms with E-state index in [4.69, 9.17) is 22.1 Å². The van der Waals surface area contributed by atoms with Crippen LogP contribution in [0.15, 0.2) is 24.3 Å². The number of nitrogens with two attached hydrogens (primary N) is 1. The van der Waals surface area contributed by atoms with E-state index in [-0.39, 0.29) is 0 Å². The highest BCUT2D eigenvalue weighted by Gasteiger charge is 2.24. The summed E-state index contributed by atoms with van der Waals surface area (Å²) >= 11 is 5.93. The lowest BCUT2D eigenvalue weighted by molar-refractivity contribution is 0.310. The van der Waals surface area contributed by atoms with Gasteiger partial charge in [0.15, 0.2) is 0 Å². The number of ether oxygens (including phenoxy) is 1. The summed E-state index contributed by atoms with van der Waals surface area (Å²) < 4.78 is 7.87. The molecule has 1 aliphatic rings. The molecule has 2 N–H and O–H groups in total. The first-order valence-electron chi connectivity index (χ1n) is 7.95. The van der Waals surface area contributed by atoms with Crippen LogP contribution in [0.5, 0.6) is 11.6 Å². The summed E-state index contributed by atoms with van der Waals surface area (Å²) in [5, 5.41) is 5.22. The molecule has 0 spiro atoms. The van der Waals surface area contributed by atoms with Gasteiger partial charge in [0.1, 0.15) is 5.75 Å². The predicted octanol–water partition coefficient (Wildman–Crippen LogP) is 2.95. The SMILES string of the molecule is Cc1nn(C)c(Oc2ccc(Cl)cc2)c1CN1CC[C@H](CN)C1. The molecule has 0 radical (unpaired) electrons. The molecule has 2 aromatic rings. The number of hydrogen-bond donors (Lipinski definition) is 1. The molecule has 1 fully saturated rings. The van der Waals surface area contributed by atoms with Crippen LogP contribution >= 0.6 is 11.6 Å². The van der Waals surface area contributed by atoms with Crippen molar-refractivity contribution in [1.82, 2.24) is 14.7 Å². The van der Waals surface area contributed by atoms with Gasteiger partial charge >= 0.3 is 0 Å². The minimum Gasteiger partial charge on any atom is -0.439 e. The highest BCUT2D eigenvalue weighted by molar-refractivity contribution is 6.30. The molecular formula is C17H23ClN4O. The topological polar surface area (TPSA) is 56.3 Å². The number of hydrogen-bond acceptors (Lipinski definition) is 4. The maximum atomic E-state index is 6.07. The van der Waals surface area contributed by atoms with E-state index < -0.39 is 0 Å². The van der Waals surface area contributed by atoms with Crippen molar-refractivity contribution in [2.75, 3.05) is 19.6 Å². The smallest absolute Gasteiger partial charge is 0.222 e. The number of benzene rings is 1. The lowest BCUT2D eigenvalue weighted by Crippen LogP contribution is -2.23. The molecule has 0 aliphatic carbocycles. The lowest BCUT2D eigenvalue weighted by atomic mass is 10.1. The van der Waals surface area contributed by atoms with Crippen molar-refractivity contribution in [2.24, 2.45) is 18.7 Å². The Morgan fingerprint density at radius 3 is 2.74 bits per heavy atom. The van der Waals surface area contributed by atoms with Gasteiger partial charge in [-0.15, -0.1) is 0 Å². The first-order valence-corrected chi connectivity index (χ1v) is 8.33. The van der Waals surface area contributed by atoms with Crippen LogP contribution in [0.1, 0.15) is 17.7 Å². The number of nitrogens with zero attached hydrogens (tertiary/aromatic N) is 3. The van der Waals surface area contributed by atoms with Crippen LogP contribution in [-0.2, 0) is 13.6 Å². The number of aromatic nitrogens is 2. The van der Waals surface area contributed by atoms with Crippen LogP contribution in [0.25, 0.3) is 0 Å². The van der Waals surface area contributed by atoms with Gasteiger partial charge in [0, 0.05) is 25.2 Å². The molecule has 1 aromatic carbocycles. The molecule has 0 saturated carbocycles. The summed E-state index contributed by atoms with van der Waals surface area (Å²) in [6, 6.07) is 7.39. The van der Waals surface area contributed by atoms with Gasteiger partial charge in [-0.3, -0.25) is 4.90 Å². The van der Waals surface area contributed by atoms with Gasteiger partial charge in [-0.25, -0.2) is 4.68 Å². The third-order valence-corrected chi connectivity index (χ3v) is 4.65. The van der Waals surface area contributed by atoms with Crippen molar-refractivity contribution in [3.8, 4) is 11.6 Å². The number of halogens is 1. The van der Waals surface area contributed by atoms with E-state index in [1.165, 1.54) is 6.42 Å². The third kappa shape index (κ3) is 3.68. The Hall–Kier alpha value is -1.56. The Labute approximate surface area is 142 Å². The third-order valence-electron chi connectivity index (χ3n) is 4.40. The first-order chi connectivity index (χ1) is 11.1. The molecule has 0 unspecified atom stereocenters. The van der Waals surface area contributed by atoms with Gasteiger partial charge in [-0.1, -0.05) is 11.6 Å². The normalized spacial score (nSPS) is 18.5. The first kappa shape index (κ1) is 16.3. The second-order valence-electron chi connectivity index (χ2n) is 6.17. The van der Waals surface area contributed by atoms with Crippen molar-refractivity contribution >= 4 is 11.6 Å². The van der Waals surface area contributed by atoms with Crippen molar-refractivity contribution in [2.45, 2.75) is 19.9 Å². The Bertz CT molecular complexity index is 668. The summed E-state index contributed by atoms with van der Waals surface area (Å²) in [6.45, 7) is 5.76. The largest absolute Gasteiger partial charge is 0.439 e. The lowest BCUT2D eigenvalue weighted by Gasteiger charge is -2.17. The highest BCUT2D eigenvalue weighted by atomic mass is 35.5. The fraction of sp³-hybridized carbons (Fsp3) is 0.471. The van der Waals surface area contributed by atoms with Crippen LogP contribution in [0, 0.1) is 12.8 Å². The highest BCUT2D eigenvalue weighted by Crippen LogP contribution is 2.30. The van der Waals surface area contributed by atoms with Crippen LogP contribution in [-0.4, -0.2) is 34.3 Å². The van der Waals surface area contributed by atoms with Gasteiger partial charge in [0.25, 0.3) is 0 Å². The van der Waals surface area contributed by atoms with Crippen LogP contribution < -0.4 is 10.5 Å². The van der Waals surface area contributed by atoms with E-state index in [1.54, 1.807) is 4.68 Å². The molecule has 1 atom stereocenters. The van der Waals surface area contributed by atoms with Crippen LogP contribution in [0.2, 0.25) is 5.02 Å².